The van der Waals surface area contributed by atoms with Crippen LogP contribution < -0.4 is 5.32 Å². The van der Waals surface area contributed by atoms with Crippen LogP contribution in [0.25, 0.3) is 0 Å². The normalized spacial score (nSPS) is 12.4. The van der Waals surface area contributed by atoms with Crippen LogP contribution in [0.1, 0.15) is 57.1 Å². The summed E-state index contributed by atoms with van der Waals surface area (Å²) in [6, 6.07) is 0. The Morgan fingerprint density at radius 1 is 1.29 bits per heavy atom. The van der Waals surface area contributed by atoms with Crippen LogP contribution in [0.5, 0.6) is 0 Å². The van der Waals surface area contributed by atoms with Crippen LogP contribution in [-0.4, -0.2) is 11.5 Å². The largest absolute Gasteiger partial charge is 0.312 e. The minimum absolute atomic E-state index is 0.168. The van der Waals surface area contributed by atoms with Gasteiger partial charge in [-0.1, -0.05) is 41.5 Å². The molecule has 0 amide bonds. The molecule has 17 heavy (non-hydrogen) atoms. The van der Waals surface area contributed by atoms with Crippen LogP contribution in [0.4, 0.5) is 0 Å². The molecule has 0 fully saturated rings. The van der Waals surface area contributed by atoms with Crippen molar-refractivity contribution >= 4 is 11.3 Å². The van der Waals surface area contributed by atoms with E-state index in [9.17, 15) is 0 Å². The quantitative estimate of drug-likeness (QED) is 0.865. The number of hydrogen-bond donors (Lipinski definition) is 1. The smallest absolute Gasteiger partial charge is 0.0985 e. The van der Waals surface area contributed by atoms with E-state index in [1.807, 2.05) is 11.3 Å². The van der Waals surface area contributed by atoms with Crippen LogP contribution in [0.3, 0.4) is 0 Å². The van der Waals surface area contributed by atoms with Crippen molar-refractivity contribution in [3.63, 3.8) is 0 Å². The number of nitrogens with zero attached hydrogens (tertiary/aromatic N) is 1. The lowest BCUT2D eigenvalue weighted by Gasteiger charge is -2.13. The van der Waals surface area contributed by atoms with Gasteiger partial charge in [0.2, 0.25) is 0 Å². The second-order valence-corrected chi connectivity index (χ2v) is 7.10. The lowest BCUT2D eigenvalue weighted by atomic mass is 9.98. The average Bonchev–Trinajstić information content (AvgIpc) is 2.56. The van der Waals surface area contributed by atoms with Crippen LogP contribution >= 0.6 is 11.3 Å². The van der Waals surface area contributed by atoms with E-state index in [4.69, 9.17) is 4.98 Å². The highest BCUT2D eigenvalue weighted by molar-refractivity contribution is 7.11. The van der Waals surface area contributed by atoms with Crippen molar-refractivity contribution in [3.8, 4) is 0 Å². The Labute approximate surface area is 110 Å². The molecular weight excluding hydrogens is 228 g/mol. The van der Waals surface area contributed by atoms with Crippen molar-refractivity contribution in [2.24, 2.45) is 5.92 Å². The summed E-state index contributed by atoms with van der Waals surface area (Å²) in [5, 5.41) is 4.68. The third-order valence-corrected chi connectivity index (χ3v) is 4.08. The summed E-state index contributed by atoms with van der Waals surface area (Å²) in [5.74, 6) is 0.672. The van der Waals surface area contributed by atoms with Gasteiger partial charge >= 0.3 is 0 Å². The molecule has 0 saturated heterocycles. The molecule has 1 rings (SSSR count). The van der Waals surface area contributed by atoms with E-state index in [1.165, 1.54) is 15.6 Å². The summed E-state index contributed by atoms with van der Waals surface area (Å²) in [5.41, 5.74) is 1.47. The zero-order valence-electron chi connectivity index (χ0n) is 12.1. The third kappa shape index (κ3) is 4.40. The van der Waals surface area contributed by atoms with E-state index in [0.717, 1.165) is 19.5 Å². The molecule has 0 atom stereocenters. The molecule has 1 aromatic heterocycles. The summed E-state index contributed by atoms with van der Waals surface area (Å²) in [6.45, 7) is 15.4. The number of rotatable bonds is 5. The molecule has 1 N–H and O–H groups in total. The summed E-state index contributed by atoms with van der Waals surface area (Å²) < 4.78 is 0. The van der Waals surface area contributed by atoms with E-state index in [-0.39, 0.29) is 5.41 Å². The summed E-state index contributed by atoms with van der Waals surface area (Å²) in [4.78, 5) is 6.27. The first-order chi connectivity index (χ1) is 7.84. The van der Waals surface area contributed by atoms with Gasteiger partial charge in [0.15, 0.2) is 0 Å². The van der Waals surface area contributed by atoms with Crippen molar-refractivity contribution in [1.29, 1.82) is 0 Å². The maximum absolute atomic E-state index is 4.85. The molecule has 0 saturated carbocycles. The Balaban J connectivity index is 2.94. The molecule has 3 heteroatoms. The van der Waals surface area contributed by atoms with Gasteiger partial charge in [-0.3, -0.25) is 0 Å². The highest BCUT2D eigenvalue weighted by atomic mass is 32.1. The summed E-state index contributed by atoms with van der Waals surface area (Å²) in [6.07, 6.45) is 1.09. The SMILES string of the molecule is CCNCc1sc(C(C)(C)C)nc1CC(C)C. The molecular formula is C14H26N2S. The van der Waals surface area contributed by atoms with E-state index in [2.05, 4.69) is 46.9 Å². The first-order valence-corrected chi connectivity index (χ1v) is 7.36. The topological polar surface area (TPSA) is 24.9 Å². The van der Waals surface area contributed by atoms with Gasteiger partial charge in [-0.05, 0) is 18.9 Å². The minimum Gasteiger partial charge on any atom is -0.312 e. The fourth-order valence-electron chi connectivity index (χ4n) is 1.63. The molecule has 0 unspecified atom stereocenters. The van der Waals surface area contributed by atoms with Gasteiger partial charge in [0.05, 0.1) is 10.7 Å². The lowest BCUT2D eigenvalue weighted by Crippen LogP contribution is -2.12. The van der Waals surface area contributed by atoms with Gasteiger partial charge in [0, 0.05) is 16.8 Å². The number of thiazole rings is 1. The Morgan fingerprint density at radius 3 is 2.41 bits per heavy atom. The van der Waals surface area contributed by atoms with Gasteiger partial charge in [-0.2, -0.15) is 0 Å². The molecule has 0 aliphatic rings. The first-order valence-electron chi connectivity index (χ1n) is 6.54. The third-order valence-electron chi connectivity index (χ3n) is 2.56. The highest BCUT2D eigenvalue weighted by Crippen LogP contribution is 2.30. The summed E-state index contributed by atoms with van der Waals surface area (Å²) >= 11 is 1.87. The number of hydrogen-bond acceptors (Lipinski definition) is 3. The predicted octanol–water partition coefficient (Wildman–Crippen LogP) is 3.75. The van der Waals surface area contributed by atoms with E-state index in [1.54, 1.807) is 0 Å². The number of aromatic nitrogens is 1. The second kappa shape index (κ2) is 5.96. The van der Waals surface area contributed by atoms with Crippen LogP contribution in [0.2, 0.25) is 0 Å². The predicted molar refractivity (Wildman–Crippen MR) is 76.7 cm³/mol. The van der Waals surface area contributed by atoms with E-state index >= 15 is 0 Å². The molecule has 1 heterocycles. The fourth-order valence-corrected chi connectivity index (χ4v) is 2.74. The Kier molecular flexibility index (Phi) is 5.14. The Hall–Kier alpha value is -0.410. The highest BCUT2D eigenvalue weighted by Gasteiger charge is 2.21. The molecule has 0 bridgehead atoms. The molecule has 0 aromatic carbocycles. The molecule has 98 valence electrons. The van der Waals surface area contributed by atoms with Crippen molar-refractivity contribution in [3.05, 3.63) is 15.6 Å². The second-order valence-electron chi connectivity index (χ2n) is 6.02. The van der Waals surface area contributed by atoms with Gasteiger partial charge in [-0.25, -0.2) is 4.98 Å². The van der Waals surface area contributed by atoms with Crippen molar-refractivity contribution in [2.75, 3.05) is 6.54 Å². The molecule has 2 nitrogen and oxygen atoms in total. The molecule has 0 radical (unpaired) electrons. The maximum atomic E-state index is 4.85. The maximum Gasteiger partial charge on any atom is 0.0985 e. The monoisotopic (exact) mass is 254 g/mol. The van der Waals surface area contributed by atoms with Crippen molar-refractivity contribution < 1.29 is 0 Å². The lowest BCUT2D eigenvalue weighted by molar-refractivity contribution is 0.574. The van der Waals surface area contributed by atoms with Gasteiger partial charge in [0.25, 0.3) is 0 Å². The molecule has 0 aliphatic heterocycles. The van der Waals surface area contributed by atoms with Gasteiger partial charge in [-0.15, -0.1) is 11.3 Å². The Bertz CT molecular complexity index is 348. The minimum atomic E-state index is 0.168. The first kappa shape index (κ1) is 14.7. The van der Waals surface area contributed by atoms with E-state index in [0.29, 0.717) is 5.92 Å². The molecule has 0 spiro atoms. The van der Waals surface area contributed by atoms with Crippen LogP contribution in [0, 0.1) is 5.92 Å². The standard InChI is InChI=1S/C14H26N2S/c1-7-15-9-12-11(8-10(2)3)16-13(17-12)14(4,5)6/h10,15H,7-9H2,1-6H3. The Morgan fingerprint density at radius 2 is 1.94 bits per heavy atom. The van der Waals surface area contributed by atoms with Crippen LogP contribution in [0.15, 0.2) is 0 Å². The number of nitrogens with one attached hydrogen (secondary N) is 1. The fraction of sp³-hybridized carbons (Fsp3) is 0.786. The van der Waals surface area contributed by atoms with Gasteiger partial charge < -0.3 is 5.32 Å². The van der Waals surface area contributed by atoms with E-state index < -0.39 is 0 Å². The van der Waals surface area contributed by atoms with Gasteiger partial charge in [0.1, 0.15) is 0 Å². The average molecular weight is 254 g/mol. The molecule has 1 aromatic rings. The van der Waals surface area contributed by atoms with Crippen molar-refractivity contribution in [1.82, 2.24) is 10.3 Å². The zero-order valence-corrected chi connectivity index (χ0v) is 12.9. The zero-order chi connectivity index (χ0) is 13.1. The van der Waals surface area contributed by atoms with Crippen LogP contribution in [-0.2, 0) is 18.4 Å². The molecule has 0 aliphatic carbocycles. The van der Waals surface area contributed by atoms with Crippen molar-refractivity contribution in [2.45, 2.75) is 59.9 Å². The summed E-state index contributed by atoms with van der Waals surface area (Å²) in [7, 11) is 0.